The summed E-state index contributed by atoms with van der Waals surface area (Å²) in [7, 11) is 0. The van der Waals surface area contributed by atoms with Gasteiger partial charge in [0.1, 0.15) is 5.82 Å². The van der Waals surface area contributed by atoms with Crippen molar-refractivity contribution in [3.8, 4) is 0 Å². The molecule has 2 aromatic rings. The molecule has 0 unspecified atom stereocenters. The molecule has 0 atom stereocenters. The maximum atomic E-state index is 5.88. The monoisotopic (exact) mass is 273 g/mol. The van der Waals surface area contributed by atoms with Gasteiger partial charge in [-0.3, -0.25) is 0 Å². The largest absolute Gasteiger partial charge is 0.340 e. The Labute approximate surface area is 107 Å². The van der Waals surface area contributed by atoms with Crippen molar-refractivity contribution in [3.05, 3.63) is 45.8 Å². The van der Waals surface area contributed by atoms with Gasteiger partial charge in [-0.1, -0.05) is 23.2 Å². The third-order valence-electron chi connectivity index (χ3n) is 1.82. The Balaban J connectivity index is 2.24. The molecule has 0 aliphatic heterocycles. The van der Waals surface area contributed by atoms with E-state index in [1.54, 1.807) is 30.5 Å². The molecule has 1 heterocycles. The normalized spacial score (nSPS) is 10.2. The number of nitrogens with one attached hydrogen (secondary N) is 1. The van der Waals surface area contributed by atoms with Crippen LogP contribution in [0, 0.1) is 0 Å². The Morgan fingerprint density at radius 1 is 1.00 bits per heavy atom. The van der Waals surface area contributed by atoms with Gasteiger partial charge in [0, 0.05) is 11.9 Å². The van der Waals surface area contributed by atoms with E-state index in [9.17, 15) is 0 Å². The fraction of sp³-hybridized carbons (Fsp3) is 0. The van der Waals surface area contributed by atoms with Gasteiger partial charge in [0.05, 0.1) is 10.0 Å². The van der Waals surface area contributed by atoms with Gasteiger partial charge in [-0.15, -0.1) is 0 Å². The highest BCUT2D eigenvalue weighted by atomic mass is 35.5. The predicted molar refractivity (Wildman–Crippen MR) is 66.8 cm³/mol. The number of anilines is 2. The van der Waals surface area contributed by atoms with Crippen LogP contribution in [-0.4, -0.2) is 9.97 Å². The standard InChI is InChI=1S/C10H6Cl3N3/c11-7-2-1-6(5-8(7)12)15-9-3-4-14-10(13)16-9/h1-5H,(H,14,15,16). The molecule has 6 heteroatoms. The summed E-state index contributed by atoms with van der Waals surface area (Å²) in [6, 6.07) is 6.91. The van der Waals surface area contributed by atoms with Gasteiger partial charge < -0.3 is 5.32 Å². The predicted octanol–water partition coefficient (Wildman–Crippen LogP) is 4.18. The second-order valence-corrected chi connectivity index (χ2v) is 4.12. The molecule has 82 valence electrons. The second-order valence-electron chi connectivity index (χ2n) is 2.96. The molecule has 0 aliphatic rings. The molecule has 0 bridgehead atoms. The molecule has 0 radical (unpaired) electrons. The minimum Gasteiger partial charge on any atom is -0.340 e. The van der Waals surface area contributed by atoms with E-state index >= 15 is 0 Å². The third-order valence-corrected chi connectivity index (χ3v) is 2.74. The third kappa shape index (κ3) is 2.76. The first-order valence-corrected chi connectivity index (χ1v) is 5.49. The van der Waals surface area contributed by atoms with Crippen LogP contribution in [0.15, 0.2) is 30.5 Å². The van der Waals surface area contributed by atoms with Gasteiger partial charge in [-0.25, -0.2) is 9.97 Å². The van der Waals surface area contributed by atoms with Crippen molar-refractivity contribution in [2.75, 3.05) is 5.32 Å². The van der Waals surface area contributed by atoms with Crippen LogP contribution in [0.2, 0.25) is 15.3 Å². The van der Waals surface area contributed by atoms with E-state index in [4.69, 9.17) is 34.8 Å². The van der Waals surface area contributed by atoms with Gasteiger partial charge in [0.15, 0.2) is 0 Å². The molecular weight excluding hydrogens is 268 g/mol. The molecule has 1 N–H and O–H groups in total. The molecular formula is C10H6Cl3N3. The Bertz CT molecular complexity index is 516. The Kier molecular flexibility index (Phi) is 3.49. The summed E-state index contributed by atoms with van der Waals surface area (Å²) >= 11 is 17.3. The van der Waals surface area contributed by atoms with Crippen LogP contribution < -0.4 is 5.32 Å². The van der Waals surface area contributed by atoms with Crippen molar-refractivity contribution in [3.63, 3.8) is 0 Å². The molecule has 16 heavy (non-hydrogen) atoms. The van der Waals surface area contributed by atoms with Gasteiger partial charge in [-0.05, 0) is 35.9 Å². The molecule has 0 saturated carbocycles. The lowest BCUT2D eigenvalue weighted by Crippen LogP contribution is -1.94. The number of nitrogens with zero attached hydrogens (tertiary/aromatic N) is 2. The van der Waals surface area contributed by atoms with Crippen LogP contribution in [0.4, 0.5) is 11.5 Å². The molecule has 3 nitrogen and oxygen atoms in total. The molecule has 0 fully saturated rings. The van der Waals surface area contributed by atoms with Crippen molar-refractivity contribution >= 4 is 46.3 Å². The minimum atomic E-state index is 0.185. The van der Waals surface area contributed by atoms with E-state index in [2.05, 4.69) is 15.3 Å². The fourth-order valence-electron chi connectivity index (χ4n) is 1.13. The Hall–Kier alpha value is -1.03. The summed E-state index contributed by atoms with van der Waals surface area (Å²) < 4.78 is 0. The summed E-state index contributed by atoms with van der Waals surface area (Å²) in [5.41, 5.74) is 0.782. The quantitative estimate of drug-likeness (QED) is 0.835. The zero-order chi connectivity index (χ0) is 11.5. The van der Waals surface area contributed by atoms with E-state index in [-0.39, 0.29) is 5.28 Å². The summed E-state index contributed by atoms with van der Waals surface area (Å²) in [6.07, 6.45) is 1.56. The van der Waals surface area contributed by atoms with E-state index in [1.807, 2.05) is 0 Å². The van der Waals surface area contributed by atoms with Crippen LogP contribution in [0.1, 0.15) is 0 Å². The molecule has 2 rings (SSSR count). The first kappa shape index (κ1) is 11.5. The smallest absolute Gasteiger partial charge is 0.224 e. The van der Waals surface area contributed by atoms with Crippen molar-refractivity contribution in [2.24, 2.45) is 0 Å². The average molecular weight is 275 g/mol. The molecule has 0 saturated heterocycles. The van der Waals surface area contributed by atoms with Gasteiger partial charge in [0.2, 0.25) is 5.28 Å². The number of benzene rings is 1. The van der Waals surface area contributed by atoms with Crippen LogP contribution in [0.3, 0.4) is 0 Å². The summed E-state index contributed by atoms with van der Waals surface area (Å²) in [5, 5.41) is 4.21. The van der Waals surface area contributed by atoms with E-state index in [0.29, 0.717) is 15.9 Å². The molecule has 1 aromatic carbocycles. The maximum Gasteiger partial charge on any atom is 0.224 e. The van der Waals surface area contributed by atoms with Crippen molar-refractivity contribution in [1.29, 1.82) is 0 Å². The molecule has 0 amide bonds. The van der Waals surface area contributed by atoms with E-state index < -0.39 is 0 Å². The molecule has 0 aliphatic carbocycles. The number of halogens is 3. The fourth-order valence-corrected chi connectivity index (χ4v) is 1.57. The first-order chi connectivity index (χ1) is 7.65. The van der Waals surface area contributed by atoms with Gasteiger partial charge in [-0.2, -0.15) is 0 Å². The van der Waals surface area contributed by atoms with Gasteiger partial charge in [0.25, 0.3) is 0 Å². The zero-order valence-electron chi connectivity index (χ0n) is 7.92. The van der Waals surface area contributed by atoms with Crippen LogP contribution >= 0.6 is 34.8 Å². The summed E-state index contributed by atoms with van der Waals surface area (Å²) in [5.74, 6) is 0.596. The molecule has 0 spiro atoms. The van der Waals surface area contributed by atoms with E-state index in [0.717, 1.165) is 5.69 Å². The number of hydrogen-bond acceptors (Lipinski definition) is 3. The molecule has 1 aromatic heterocycles. The SMILES string of the molecule is Clc1nccc(Nc2ccc(Cl)c(Cl)c2)n1. The first-order valence-electron chi connectivity index (χ1n) is 4.36. The summed E-state index contributed by atoms with van der Waals surface area (Å²) in [6.45, 7) is 0. The highest BCUT2D eigenvalue weighted by molar-refractivity contribution is 6.42. The van der Waals surface area contributed by atoms with Gasteiger partial charge >= 0.3 is 0 Å². The highest BCUT2D eigenvalue weighted by Gasteiger charge is 2.01. The van der Waals surface area contributed by atoms with Crippen LogP contribution in [0.25, 0.3) is 0 Å². The Morgan fingerprint density at radius 2 is 1.81 bits per heavy atom. The number of aromatic nitrogens is 2. The lowest BCUT2D eigenvalue weighted by Gasteiger charge is -2.06. The summed E-state index contributed by atoms with van der Waals surface area (Å²) in [4.78, 5) is 7.77. The zero-order valence-corrected chi connectivity index (χ0v) is 10.2. The average Bonchev–Trinajstić information content (AvgIpc) is 2.24. The van der Waals surface area contributed by atoms with E-state index in [1.165, 1.54) is 0 Å². The van der Waals surface area contributed by atoms with Crippen molar-refractivity contribution in [1.82, 2.24) is 9.97 Å². The second kappa shape index (κ2) is 4.87. The maximum absolute atomic E-state index is 5.88. The highest BCUT2D eigenvalue weighted by Crippen LogP contribution is 2.26. The van der Waals surface area contributed by atoms with Crippen molar-refractivity contribution in [2.45, 2.75) is 0 Å². The Morgan fingerprint density at radius 3 is 2.50 bits per heavy atom. The number of rotatable bonds is 2. The van der Waals surface area contributed by atoms with Crippen molar-refractivity contribution < 1.29 is 0 Å². The number of hydrogen-bond donors (Lipinski definition) is 1. The topological polar surface area (TPSA) is 37.8 Å². The minimum absolute atomic E-state index is 0.185. The lowest BCUT2D eigenvalue weighted by atomic mass is 10.3. The van der Waals surface area contributed by atoms with Crippen LogP contribution in [0.5, 0.6) is 0 Å². The van der Waals surface area contributed by atoms with Crippen LogP contribution in [-0.2, 0) is 0 Å². The lowest BCUT2D eigenvalue weighted by molar-refractivity contribution is 1.17.